The molecule has 1 aliphatic rings. The molecule has 0 aliphatic carbocycles. The fourth-order valence-corrected chi connectivity index (χ4v) is 2.88. The molecule has 0 aromatic heterocycles. The number of carbonyl (C=O) groups excluding carboxylic acids is 2. The number of hydrogen-bond donors (Lipinski definition) is 2. The summed E-state index contributed by atoms with van der Waals surface area (Å²) in [7, 11) is 0. The van der Waals surface area contributed by atoms with Gasteiger partial charge in [0.15, 0.2) is 11.0 Å². The monoisotopic (exact) mass is 365 g/mol. The zero-order valence-corrected chi connectivity index (χ0v) is 15.1. The normalized spacial score (nSPS) is 18.3. The standard InChI is InChI=1S/C17H21FN4O2S/c1-3-21(4-2)10-9-19-11-12-15(23)20-17(25)22(16(12)24)14-8-6-5-7-13(14)18/h5-8,11-12H,3-4,9-10H2,1-2H3,(H,20,23,25)/p+1. The molecule has 0 spiro atoms. The fraction of sp³-hybridized carbons (Fsp3) is 0.412. The summed E-state index contributed by atoms with van der Waals surface area (Å²) in [4.78, 5) is 31.3. The van der Waals surface area contributed by atoms with E-state index in [1.54, 1.807) is 6.07 Å². The molecule has 0 bridgehead atoms. The average Bonchev–Trinajstić information content (AvgIpc) is 2.59. The third-order valence-corrected chi connectivity index (χ3v) is 4.43. The van der Waals surface area contributed by atoms with Gasteiger partial charge in [-0.1, -0.05) is 12.1 Å². The maximum atomic E-state index is 14.0. The third kappa shape index (κ3) is 4.46. The highest BCUT2D eigenvalue weighted by Crippen LogP contribution is 2.23. The third-order valence-electron chi connectivity index (χ3n) is 4.14. The summed E-state index contributed by atoms with van der Waals surface area (Å²) in [6.45, 7) is 7.50. The Morgan fingerprint density at radius 3 is 2.64 bits per heavy atom. The number of carbonyl (C=O) groups is 2. The molecule has 0 radical (unpaired) electrons. The Kier molecular flexibility index (Phi) is 6.72. The summed E-state index contributed by atoms with van der Waals surface area (Å²) in [6.07, 6.45) is 1.33. The van der Waals surface area contributed by atoms with Crippen LogP contribution in [0.2, 0.25) is 0 Å². The minimum absolute atomic E-state index is 0.0171. The van der Waals surface area contributed by atoms with Gasteiger partial charge in [0.25, 0.3) is 5.91 Å². The van der Waals surface area contributed by atoms with Gasteiger partial charge in [-0.3, -0.25) is 19.5 Å². The number of anilines is 1. The van der Waals surface area contributed by atoms with E-state index in [0.717, 1.165) is 24.5 Å². The molecule has 25 heavy (non-hydrogen) atoms. The molecule has 1 fully saturated rings. The summed E-state index contributed by atoms with van der Waals surface area (Å²) >= 11 is 5.04. The molecular weight excluding hydrogens is 343 g/mol. The smallest absolute Gasteiger partial charge is 0.251 e. The molecule has 2 N–H and O–H groups in total. The van der Waals surface area contributed by atoms with Crippen LogP contribution in [0.3, 0.4) is 0 Å². The number of nitrogens with zero attached hydrogens (tertiary/aromatic N) is 2. The Morgan fingerprint density at radius 1 is 1.32 bits per heavy atom. The van der Waals surface area contributed by atoms with E-state index in [0.29, 0.717) is 6.54 Å². The molecule has 134 valence electrons. The van der Waals surface area contributed by atoms with Gasteiger partial charge in [0.1, 0.15) is 5.82 Å². The van der Waals surface area contributed by atoms with Crippen molar-refractivity contribution < 1.29 is 18.9 Å². The van der Waals surface area contributed by atoms with Crippen molar-refractivity contribution in [3.05, 3.63) is 30.1 Å². The molecule has 0 saturated carbocycles. The Hall–Kier alpha value is -2.19. The number of quaternary nitrogens is 1. The SMILES string of the molecule is CC[NH+](CC)CCN=CC1C(=O)NC(=S)N(c2ccccc2F)C1=O. The van der Waals surface area contributed by atoms with E-state index in [2.05, 4.69) is 24.2 Å². The molecule has 1 aromatic carbocycles. The van der Waals surface area contributed by atoms with E-state index >= 15 is 0 Å². The Labute approximate surface area is 151 Å². The van der Waals surface area contributed by atoms with E-state index in [1.165, 1.54) is 29.3 Å². The first kappa shape index (κ1) is 19.1. The maximum absolute atomic E-state index is 14.0. The van der Waals surface area contributed by atoms with Gasteiger partial charge in [-0.2, -0.15) is 0 Å². The van der Waals surface area contributed by atoms with Crippen LogP contribution in [0.25, 0.3) is 0 Å². The number of nitrogens with one attached hydrogen (secondary N) is 2. The molecule has 2 amide bonds. The van der Waals surface area contributed by atoms with Crippen molar-refractivity contribution in [3.63, 3.8) is 0 Å². The van der Waals surface area contributed by atoms with Gasteiger partial charge in [0.05, 0.1) is 31.9 Å². The van der Waals surface area contributed by atoms with Crippen molar-refractivity contribution in [2.45, 2.75) is 13.8 Å². The average molecular weight is 365 g/mol. The van der Waals surface area contributed by atoms with Crippen molar-refractivity contribution in [2.75, 3.05) is 31.1 Å². The van der Waals surface area contributed by atoms with Crippen molar-refractivity contribution in [1.29, 1.82) is 0 Å². The highest BCUT2D eigenvalue weighted by atomic mass is 32.1. The summed E-state index contributed by atoms with van der Waals surface area (Å²) in [5, 5.41) is 2.31. The second kappa shape index (κ2) is 8.77. The van der Waals surface area contributed by atoms with Gasteiger partial charge < -0.3 is 10.2 Å². The number of rotatable bonds is 7. The predicted octanol–water partition coefficient (Wildman–Crippen LogP) is 0.185. The largest absolute Gasteiger partial charge is 0.334 e. The molecule has 1 atom stereocenters. The van der Waals surface area contributed by atoms with Crippen LogP contribution in [0.5, 0.6) is 0 Å². The van der Waals surface area contributed by atoms with Crippen molar-refractivity contribution in [1.82, 2.24) is 5.32 Å². The number of halogens is 1. The van der Waals surface area contributed by atoms with Gasteiger partial charge in [-0.25, -0.2) is 4.39 Å². The van der Waals surface area contributed by atoms with Crippen molar-refractivity contribution >= 4 is 41.0 Å². The lowest BCUT2D eigenvalue weighted by atomic mass is 10.1. The summed E-state index contributed by atoms with van der Waals surface area (Å²) in [6, 6.07) is 5.79. The highest BCUT2D eigenvalue weighted by Gasteiger charge is 2.39. The molecule has 8 heteroatoms. The number of likely N-dealkylation sites (N-methyl/N-ethyl adjacent to an activating group) is 1. The van der Waals surface area contributed by atoms with Crippen LogP contribution >= 0.6 is 12.2 Å². The molecule has 1 saturated heterocycles. The molecular formula is C17H22FN4O2S+. The summed E-state index contributed by atoms with van der Waals surface area (Å²) in [5.41, 5.74) is 0.0171. The molecule has 6 nitrogen and oxygen atoms in total. The first-order valence-electron chi connectivity index (χ1n) is 8.26. The topological polar surface area (TPSA) is 66.2 Å². The van der Waals surface area contributed by atoms with Crippen LogP contribution in [-0.2, 0) is 9.59 Å². The fourth-order valence-electron chi connectivity index (χ4n) is 2.59. The predicted molar refractivity (Wildman–Crippen MR) is 98.4 cm³/mol. The minimum atomic E-state index is -1.11. The highest BCUT2D eigenvalue weighted by molar-refractivity contribution is 7.80. The van der Waals surface area contributed by atoms with Crippen LogP contribution < -0.4 is 15.1 Å². The van der Waals surface area contributed by atoms with Gasteiger partial charge in [-0.05, 0) is 38.2 Å². The van der Waals surface area contributed by atoms with E-state index in [1.807, 2.05) is 0 Å². The minimum Gasteiger partial charge on any atom is -0.334 e. The zero-order valence-electron chi connectivity index (χ0n) is 14.3. The summed E-state index contributed by atoms with van der Waals surface area (Å²) < 4.78 is 14.0. The van der Waals surface area contributed by atoms with E-state index in [9.17, 15) is 14.0 Å². The van der Waals surface area contributed by atoms with E-state index < -0.39 is 23.5 Å². The van der Waals surface area contributed by atoms with Gasteiger partial charge in [0.2, 0.25) is 5.91 Å². The molecule has 2 rings (SSSR count). The Bertz CT molecular complexity index is 691. The van der Waals surface area contributed by atoms with Crippen molar-refractivity contribution in [2.24, 2.45) is 10.9 Å². The van der Waals surface area contributed by atoms with Crippen LogP contribution in [-0.4, -0.2) is 49.3 Å². The van der Waals surface area contributed by atoms with E-state index in [4.69, 9.17) is 12.2 Å². The quantitative estimate of drug-likeness (QED) is 0.412. The van der Waals surface area contributed by atoms with Crippen LogP contribution in [0, 0.1) is 11.7 Å². The van der Waals surface area contributed by atoms with Crippen LogP contribution in [0.4, 0.5) is 10.1 Å². The Balaban J connectivity index is 2.13. The molecule has 1 aromatic rings. The lowest BCUT2D eigenvalue weighted by Crippen LogP contribution is -3.11. The van der Waals surface area contributed by atoms with Crippen LogP contribution in [0.1, 0.15) is 13.8 Å². The summed E-state index contributed by atoms with van der Waals surface area (Å²) in [5.74, 6) is -2.84. The number of thiocarbonyl (C=S) groups is 1. The first-order chi connectivity index (χ1) is 12.0. The molecule has 1 unspecified atom stereocenters. The van der Waals surface area contributed by atoms with Crippen LogP contribution in [0.15, 0.2) is 29.3 Å². The number of benzene rings is 1. The van der Waals surface area contributed by atoms with Gasteiger partial charge in [-0.15, -0.1) is 0 Å². The van der Waals surface area contributed by atoms with Gasteiger partial charge in [0, 0.05) is 6.21 Å². The van der Waals surface area contributed by atoms with Crippen molar-refractivity contribution in [3.8, 4) is 0 Å². The second-order valence-electron chi connectivity index (χ2n) is 5.66. The maximum Gasteiger partial charge on any atom is 0.251 e. The lowest BCUT2D eigenvalue weighted by Gasteiger charge is -2.31. The molecule has 1 heterocycles. The number of aliphatic imine (C=N–C) groups is 1. The number of amides is 2. The number of para-hydroxylation sites is 1. The zero-order chi connectivity index (χ0) is 18.4. The first-order valence-corrected chi connectivity index (χ1v) is 8.67. The van der Waals surface area contributed by atoms with E-state index in [-0.39, 0.29) is 10.8 Å². The lowest BCUT2D eigenvalue weighted by molar-refractivity contribution is -0.894. The van der Waals surface area contributed by atoms with Gasteiger partial charge >= 0.3 is 0 Å². The molecule has 1 aliphatic heterocycles. The number of hydrogen-bond acceptors (Lipinski definition) is 4. The second-order valence-corrected chi connectivity index (χ2v) is 6.05. The Morgan fingerprint density at radius 2 is 2.00 bits per heavy atom.